The van der Waals surface area contributed by atoms with Gasteiger partial charge in [0.2, 0.25) is 0 Å². The lowest BCUT2D eigenvalue weighted by atomic mass is 10.1. The summed E-state index contributed by atoms with van der Waals surface area (Å²) < 4.78 is 0. The molecule has 0 aliphatic heterocycles. The highest BCUT2D eigenvalue weighted by Crippen LogP contribution is 2.33. The van der Waals surface area contributed by atoms with Gasteiger partial charge in [0.15, 0.2) is 0 Å². The molecule has 0 saturated heterocycles. The van der Waals surface area contributed by atoms with Crippen molar-refractivity contribution in [2.24, 2.45) is 5.73 Å². The first-order chi connectivity index (χ1) is 9.60. The number of aryl methyl sites for hydroxylation is 2. The summed E-state index contributed by atoms with van der Waals surface area (Å²) >= 11 is 1.85. The monoisotopic (exact) mass is 285 g/mol. The number of benzene rings is 2. The van der Waals surface area contributed by atoms with Crippen LogP contribution in [0.5, 0.6) is 0 Å². The van der Waals surface area contributed by atoms with Crippen molar-refractivity contribution < 1.29 is 0 Å². The Kier molecular flexibility index (Phi) is 5.27. The van der Waals surface area contributed by atoms with Gasteiger partial charge >= 0.3 is 0 Å². The lowest BCUT2D eigenvalue weighted by Crippen LogP contribution is -2.21. The van der Waals surface area contributed by atoms with Gasteiger partial charge in [0.25, 0.3) is 0 Å². The van der Waals surface area contributed by atoms with E-state index in [2.05, 4.69) is 63.2 Å². The summed E-state index contributed by atoms with van der Waals surface area (Å²) in [6.07, 6.45) is 1.97. The van der Waals surface area contributed by atoms with Crippen molar-refractivity contribution in [1.29, 1.82) is 0 Å². The average Bonchev–Trinajstić information content (AvgIpc) is 2.44. The van der Waals surface area contributed by atoms with Crippen LogP contribution in [0.15, 0.2) is 52.3 Å². The standard InChI is InChI=1S/C18H23NS/c1-4-16(19)12-15-7-5-6-8-17(15)20-18-11-13(2)9-10-14(18)3/h5-11,16H,4,12,19H2,1-3H3. The van der Waals surface area contributed by atoms with E-state index in [1.165, 1.54) is 26.5 Å². The Morgan fingerprint density at radius 1 is 1.05 bits per heavy atom. The molecule has 2 N–H and O–H groups in total. The molecule has 1 unspecified atom stereocenters. The first-order valence-corrected chi connectivity index (χ1v) is 8.00. The van der Waals surface area contributed by atoms with Crippen molar-refractivity contribution in [2.45, 2.75) is 49.4 Å². The van der Waals surface area contributed by atoms with Crippen LogP contribution in [0.25, 0.3) is 0 Å². The van der Waals surface area contributed by atoms with Crippen LogP contribution in [0, 0.1) is 13.8 Å². The molecular formula is C18H23NS. The van der Waals surface area contributed by atoms with Gasteiger partial charge in [0.1, 0.15) is 0 Å². The van der Waals surface area contributed by atoms with E-state index in [1.807, 2.05) is 11.8 Å². The fourth-order valence-corrected chi connectivity index (χ4v) is 3.27. The van der Waals surface area contributed by atoms with Crippen molar-refractivity contribution in [3.05, 3.63) is 59.2 Å². The molecule has 2 aromatic rings. The van der Waals surface area contributed by atoms with E-state index in [9.17, 15) is 0 Å². The molecule has 0 bridgehead atoms. The van der Waals surface area contributed by atoms with E-state index < -0.39 is 0 Å². The van der Waals surface area contributed by atoms with Gasteiger partial charge in [-0.1, -0.05) is 49.0 Å². The summed E-state index contributed by atoms with van der Waals surface area (Å²) in [4.78, 5) is 2.66. The van der Waals surface area contributed by atoms with E-state index in [1.54, 1.807) is 0 Å². The van der Waals surface area contributed by atoms with Crippen molar-refractivity contribution in [2.75, 3.05) is 0 Å². The van der Waals surface area contributed by atoms with Crippen LogP contribution in [0.4, 0.5) is 0 Å². The SMILES string of the molecule is CCC(N)Cc1ccccc1Sc1cc(C)ccc1C. The second kappa shape index (κ2) is 6.96. The predicted octanol–water partition coefficient (Wildman–Crippen LogP) is 4.73. The van der Waals surface area contributed by atoms with E-state index in [4.69, 9.17) is 5.73 Å². The van der Waals surface area contributed by atoms with Crippen molar-refractivity contribution >= 4 is 11.8 Å². The largest absolute Gasteiger partial charge is 0.327 e. The Labute approximate surface area is 126 Å². The van der Waals surface area contributed by atoms with Crippen molar-refractivity contribution in [3.63, 3.8) is 0 Å². The zero-order valence-electron chi connectivity index (χ0n) is 12.5. The van der Waals surface area contributed by atoms with Crippen molar-refractivity contribution in [1.82, 2.24) is 0 Å². The highest BCUT2D eigenvalue weighted by molar-refractivity contribution is 7.99. The fourth-order valence-electron chi connectivity index (χ4n) is 2.13. The summed E-state index contributed by atoms with van der Waals surface area (Å²) in [5.74, 6) is 0. The Balaban J connectivity index is 2.27. The number of hydrogen-bond donors (Lipinski definition) is 1. The second-order valence-electron chi connectivity index (χ2n) is 5.35. The van der Waals surface area contributed by atoms with Crippen LogP contribution in [0.3, 0.4) is 0 Å². The summed E-state index contributed by atoms with van der Waals surface area (Å²) in [7, 11) is 0. The summed E-state index contributed by atoms with van der Waals surface area (Å²) in [6.45, 7) is 6.45. The van der Waals surface area contributed by atoms with Crippen LogP contribution in [0.2, 0.25) is 0 Å². The molecule has 2 rings (SSSR count). The molecule has 2 aromatic carbocycles. The smallest absolute Gasteiger partial charge is 0.0155 e. The molecule has 0 heterocycles. The Bertz CT molecular complexity index is 577. The Morgan fingerprint density at radius 3 is 2.55 bits per heavy atom. The third kappa shape index (κ3) is 3.87. The maximum atomic E-state index is 6.11. The molecule has 0 fully saturated rings. The summed E-state index contributed by atoms with van der Waals surface area (Å²) in [6, 6.07) is 15.5. The highest BCUT2D eigenvalue weighted by atomic mass is 32.2. The van der Waals surface area contributed by atoms with Crippen LogP contribution in [-0.2, 0) is 6.42 Å². The minimum atomic E-state index is 0.246. The third-order valence-electron chi connectivity index (χ3n) is 3.54. The predicted molar refractivity (Wildman–Crippen MR) is 88.5 cm³/mol. The number of rotatable bonds is 5. The summed E-state index contributed by atoms with van der Waals surface area (Å²) in [5, 5.41) is 0. The van der Waals surface area contributed by atoms with Crippen molar-refractivity contribution in [3.8, 4) is 0 Å². The van der Waals surface area contributed by atoms with Gasteiger partial charge in [-0.25, -0.2) is 0 Å². The number of nitrogens with two attached hydrogens (primary N) is 1. The van der Waals surface area contributed by atoms with Gasteiger partial charge < -0.3 is 5.73 Å². The van der Waals surface area contributed by atoms with Gasteiger partial charge in [-0.15, -0.1) is 0 Å². The molecule has 2 heteroatoms. The molecule has 1 atom stereocenters. The van der Waals surface area contributed by atoms with Gasteiger partial charge in [-0.05, 0) is 55.5 Å². The molecule has 20 heavy (non-hydrogen) atoms. The first-order valence-electron chi connectivity index (χ1n) is 7.18. The maximum absolute atomic E-state index is 6.11. The molecule has 106 valence electrons. The molecule has 0 radical (unpaired) electrons. The molecule has 0 aromatic heterocycles. The molecule has 0 saturated carbocycles. The molecular weight excluding hydrogens is 262 g/mol. The molecule has 0 amide bonds. The van der Waals surface area contributed by atoms with Crippen LogP contribution in [-0.4, -0.2) is 6.04 Å². The first kappa shape index (κ1) is 15.1. The zero-order valence-corrected chi connectivity index (χ0v) is 13.3. The van der Waals surface area contributed by atoms with Gasteiger partial charge in [0.05, 0.1) is 0 Å². The molecule has 0 aliphatic carbocycles. The highest BCUT2D eigenvalue weighted by Gasteiger charge is 2.09. The van der Waals surface area contributed by atoms with Gasteiger partial charge in [0, 0.05) is 15.8 Å². The van der Waals surface area contributed by atoms with Crippen LogP contribution < -0.4 is 5.73 Å². The minimum Gasteiger partial charge on any atom is -0.327 e. The van der Waals surface area contributed by atoms with Crippen LogP contribution in [0.1, 0.15) is 30.0 Å². The minimum absolute atomic E-state index is 0.246. The zero-order chi connectivity index (χ0) is 14.5. The van der Waals surface area contributed by atoms with Gasteiger partial charge in [-0.2, -0.15) is 0 Å². The average molecular weight is 285 g/mol. The fraction of sp³-hybridized carbons (Fsp3) is 0.333. The molecule has 0 spiro atoms. The topological polar surface area (TPSA) is 26.0 Å². The third-order valence-corrected chi connectivity index (χ3v) is 4.82. The van der Waals surface area contributed by atoms with E-state index in [0.717, 1.165) is 12.8 Å². The van der Waals surface area contributed by atoms with Gasteiger partial charge in [-0.3, -0.25) is 0 Å². The quantitative estimate of drug-likeness (QED) is 0.859. The molecule has 1 nitrogen and oxygen atoms in total. The Hall–Kier alpha value is -1.25. The lowest BCUT2D eigenvalue weighted by Gasteiger charge is -2.14. The Morgan fingerprint density at radius 2 is 1.80 bits per heavy atom. The lowest BCUT2D eigenvalue weighted by molar-refractivity contribution is 0.641. The van der Waals surface area contributed by atoms with E-state index >= 15 is 0 Å². The maximum Gasteiger partial charge on any atom is 0.0155 e. The second-order valence-corrected chi connectivity index (χ2v) is 6.43. The molecule has 0 aliphatic rings. The number of hydrogen-bond acceptors (Lipinski definition) is 2. The van der Waals surface area contributed by atoms with Crippen LogP contribution >= 0.6 is 11.8 Å². The normalized spacial score (nSPS) is 12.4. The van der Waals surface area contributed by atoms with E-state index in [0.29, 0.717) is 0 Å². The van der Waals surface area contributed by atoms with E-state index in [-0.39, 0.29) is 6.04 Å². The summed E-state index contributed by atoms with van der Waals surface area (Å²) in [5.41, 5.74) is 10.1.